The van der Waals surface area contributed by atoms with Gasteiger partial charge in [-0.05, 0) is 37.1 Å². The summed E-state index contributed by atoms with van der Waals surface area (Å²) in [4.78, 5) is 0. The SMILES string of the molecule is c1ccc(-n2c(N3CCCCCN3)cc3ccccc32)cc1. The molecule has 3 aromatic rings. The molecule has 0 atom stereocenters. The molecule has 0 unspecified atom stereocenters. The lowest BCUT2D eigenvalue weighted by atomic mass is 10.2. The van der Waals surface area contributed by atoms with E-state index in [1.54, 1.807) is 0 Å². The molecule has 2 heterocycles. The van der Waals surface area contributed by atoms with Crippen LogP contribution in [0.2, 0.25) is 0 Å². The Hall–Kier alpha value is -2.26. The number of anilines is 1. The number of hydrazine groups is 1. The first-order chi connectivity index (χ1) is 10.9. The highest BCUT2D eigenvalue weighted by atomic mass is 15.5. The molecule has 1 aromatic heterocycles. The smallest absolute Gasteiger partial charge is 0.128 e. The highest BCUT2D eigenvalue weighted by Gasteiger charge is 2.17. The van der Waals surface area contributed by atoms with Crippen molar-refractivity contribution in [1.29, 1.82) is 0 Å². The summed E-state index contributed by atoms with van der Waals surface area (Å²) in [6, 6.07) is 21.5. The van der Waals surface area contributed by atoms with Crippen molar-refractivity contribution in [3.8, 4) is 5.69 Å². The first-order valence-corrected chi connectivity index (χ1v) is 8.10. The Morgan fingerprint density at radius 3 is 2.55 bits per heavy atom. The number of nitrogens with one attached hydrogen (secondary N) is 1. The molecule has 1 saturated heterocycles. The number of para-hydroxylation sites is 2. The predicted octanol–water partition coefficient (Wildman–Crippen LogP) is 4.13. The van der Waals surface area contributed by atoms with Crippen LogP contribution >= 0.6 is 0 Å². The second-order valence-electron chi connectivity index (χ2n) is 5.85. The molecule has 112 valence electrons. The third kappa shape index (κ3) is 2.38. The molecule has 1 N–H and O–H groups in total. The summed E-state index contributed by atoms with van der Waals surface area (Å²) in [7, 11) is 0. The topological polar surface area (TPSA) is 20.2 Å². The van der Waals surface area contributed by atoms with Crippen LogP contribution in [0.25, 0.3) is 16.6 Å². The number of hydrogen-bond acceptors (Lipinski definition) is 2. The number of fused-ring (bicyclic) bond motifs is 1. The second-order valence-corrected chi connectivity index (χ2v) is 5.85. The van der Waals surface area contributed by atoms with Gasteiger partial charge in [-0.2, -0.15) is 0 Å². The fraction of sp³-hybridized carbons (Fsp3) is 0.263. The highest BCUT2D eigenvalue weighted by molar-refractivity contribution is 5.87. The van der Waals surface area contributed by atoms with Gasteiger partial charge in [0.25, 0.3) is 0 Å². The molecule has 0 spiro atoms. The number of nitrogens with zero attached hydrogens (tertiary/aromatic N) is 2. The standard InChI is InChI=1S/C19H21N3/c1-3-10-17(11-4-1)22-18-12-6-5-9-16(18)15-19(22)21-14-8-2-7-13-20-21/h1,3-6,9-12,15,20H,2,7-8,13-14H2. The van der Waals surface area contributed by atoms with E-state index in [0.717, 1.165) is 13.1 Å². The van der Waals surface area contributed by atoms with Gasteiger partial charge in [-0.25, -0.2) is 5.43 Å². The van der Waals surface area contributed by atoms with Gasteiger partial charge in [-0.15, -0.1) is 0 Å². The minimum atomic E-state index is 1.05. The van der Waals surface area contributed by atoms with E-state index in [2.05, 4.69) is 75.7 Å². The van der Waals surface area contributed by atoms with Gasteiger partial charge in [0.1, 0.15) is 5.82 Å². The lowest BCUT2D eigenvalue weighted by molar-refractivity contribution is 0.648. The van der Waals surface area contributed by atoms with Gasteiger partial charge in [-0.3, -0.25) is 9.58 Å². The third-order valence-electron chi connectivity index (χ3n) is 4.34. The Bertz CT molecular complexity index is 753. The minimum Gasteiger partial charge on any atom is -0.295 e. The van der Waals surface area contributed by atoms with Crippen LogP contribution in [0.1, 0.15) is 19.3 Å². The maximum atomic E-state index is 3.58. The largest absolute Gasteiger partial charge is 0.295 e. The molecule has 3 heteroatoms. The highest BCUT2D eigenvalue weighted by Crippen LogP contribution is 2.30. The predicted molar refractivity (Wildman–Crippen MR) is 92.5 cm³/mol. The molecule has 1 aliphatic heterocycles. The Kier molecular flexibility index (Phi) is 3.57. The zero-order chi connectivity index (χ0) is 14.8. The summed E-state index contributed by atoms with van der Waals surface area (Å²) in [5.41, 5.74) is 6.05. The zero-order valence-corrected chi connectivity index (χ0v) is 12.7. The molecule has 0 aliphatic carbocycles. The van der Waals surface area contributed by atoms with E-state index in [1.165, 1.54) is 41.7 Å². The quantitative estimate of drug-likeness (QED) is 0.766. The van der Waals surface area contributed by atoms with Gasteiger partial charge >= 0.3 is 0 Å². The third-order valence-corrected chi connectivity index (χ3v) is 4.34. The average Bonchev–Trinajstić information content (AvgIpc) is 2.76. The Morgan fingerprint density at radius 1 is 0.818 bits per heavy atom. The van der Waals surface area contributed by atoms with Gasteiger partial charge < -0.3 is 0 Å². The summed E-state index contributed by atoms with van der Waals surface area (Å²) in [6.07, 6.45) is 3.79. The van der Waals surface area contributed by atoms with Crippen LogP contribution in [0.5, 0.6) is 0 Å². The normalized spacial score (nSPS) is 15.9. The van der Waals surface area contributed by atoms with Crippen LogP contribution in [0.4, 0.5) is 5.82 Å². The van der Waals surface area contributed by atoms with Crippen molar-refractivity contribution < 1.29 is 0 Å². The monoisotopic (exact) mass is 291 g/mol. The van der Waals surface area contributed by atoms with E-state index in [9.17, 15) is 0 Å². The average molecular weight is 291 g/mol. The van der Waals surface area contributed by atoms with E-state index in [0.29, 0.717) is 0 Å². The van der Waals surface area contributed by atoms with Crippen molar-refractivity contribution in [2.45, 2.75) is 19.3 Å². The van der Waals surface area contributed by atoms with E-state index in [1.807, 2.05) is 0 Å². The molecule has 0 amide bonds. The first-order valence-electron chi connectivity index (χ1n) is 8.10. The van der Waals surface area contributed by atoms with Gasteiger partial charge in [0.05, 0.1) is 5.52 Å². The van der Waals surface area contributed by atoms with Crippen LogP contribution < -0.4 is 10.4 Å². The molecule has 3 nitrogen and oxygen atoms in total. The zero-order valence-electron chi connectivity index (χ0n) is 12.7. The summed E-state index contributed by atoms with van der Waals surface area (Å²) in [5.74, 6) is 1.23. The first kappa shape index (κ1) is 13.4. The van der Waals surface area contributed by atoms with Crippen molar-refractivity contribution in [2.75, 3.05) is 18.1 Å². The van der Waals surface area contributed by atoms with Gasteiger partial charge in [0.15, 0.2) is 0 Å². The fourth-order valence-electron chi connectivity index (χ4n) is 3.25. The van der Waals surface area contributed by atoms with Crippen LogP contribution in [-0.2, 0) is 0 Å². The lowest BCUT2D eigenvalue weighted by Gasteiger charge is -2.25. The van der Waals surface area contributed by atoms with Crippen LogP contribution in [0.3, 0.4) is 0 Å². The molecule has 0 bridgehead atoms. The summed E-state index contributed by atoms with van der Waals surface area (Å²) in [5, 5.41) is 3.60. The van der Waals surface area contributed by atoms with Crippen molar-refractivity contribution in [3.05, 3.63) is 60.7 Å². The van der Waals surface area contributed by atoms with Gasteiger partial charge in [-0.1, -0.05) is 42.8 Å². The molecular formula is C19H21N3. The summed E-state index contributed by atoms with van der Waals surface area (Å²) < 4.78 is 2.35. The molecule has 0 saturated carbocycles. The van der Waals surface area contributed by atoms with Gasteiger partial charge in [0.2, 0.25) is 0 Å². The van der Waals surface area contributed by atoms with E-state index >= 15 is 0 Å². The van der Waals surface area contributed by atoms with Crippen molar-refractivity contribution >= 4 is 16.7 Å². The minimum absolute atomic E-state index is 1.05. The fourth-order valence-corrected chi connectivity index (χ4v) is 3.25. The molecular weight excluding hydrogens is 270 g/mol. The number of hydrogen-bond donors (Lipinski definition) is 1. The second kappa shape index (κ2) is 5.85. The number of benzene rings is 2. The molecule has 1 aliphatic rings. The summed E-state index contributed by atoms with van der Waals surface area (Å²) >= 11 is 0. The van der Waals surface area contributed by atoms with Gasteiger partial charge in [0, 0.05) is 24.2 Å². The van der Waals surface area contributed by atoms with Crippen LogP contribution in [0.15, 0.2) is 60.7 Å². The molecule has 2 aromatic carbocycles. The van der Waals surface area contributed by atoms with Crippen molar-refractivity contribution in [3.63, 3.8) is 0 Å². The maximum Gasteiger partial charge on any atom is 0.128 e. The van der Waals surface area contributed by atoms with Crippen LogP contribution in [0, 0.1) is 0 Å². The lowest BCUT2D eigenvalue weighted by Crippen LogP contribution is -2.38. The molecule has 22 heavy (non-hydrogen) atoms. The van der Waals surface area contributed by atoms with E-state index in [-0.39, 0.29) is 0 Å². The van der Waals surface area contributed by atoms with Crippen molar-refractivity contribution in [2.24, 2.45) is 0 Å². The molecule has 0 radical (unpaired) electrons. The molecule has 4 rings (SSSR count). The van der Waals surface area contributed by atoms with Crippen LogP contribution in [-0.4, -0.2) is 17.7 Å². The number of rotatable bonds is 2. The molecule has 1 fully saturated rings. The number of aromatic nitrogens is 1. The summed E-state index contributed by atoms with van der Waals surface area (Å²) in [6.45, 7) is 2.11. The Balaban J connectivity index is 1.89. The Labute approximate surface area is 131 Å². The Morgan fingerprint density at radius 2 is 1.64 bits per heavy atom. The van der Waals surface area contributed by atoms with Crippen molar-refractivity contribution in [1.82, 2.24) is 9.99 Å². The van der Waals surface area contributed by atoms with E-state index in [4.69, 9.17) is 0 Å². The maximum absolute atomic E-state index is 3.58. The van der Waals surface area contributed by atoms with E-state index < -0.39 is 0 Å².